The van der Waals surface area contributed by atoms with E-state index in [0.29, 0.717) is 12.1 Å². The van der Waals surface area contributed by atoms with Crippen LogP contribution >= 0.6 is 0 Å². The molecule has 1 aliphatic rings. The summed E-state index contributed by atoms with van der Waals surface area (Å²) in [5.74, 6) is -1.08. The van der Waals surface area contributed by atoms with E-state index in [2.05, 4.69) is 10.6 Å². The minimum atomic E-state index is -0.543. The number of carbonyl (C=O) groups is 3. The van der Waals surface area contributed by atoms with Gasteiger partial charge < -0.3 is 24.7 Å². The molecular formula is C16H21N3O5. The number of nitrogens with one attached hydrogen (secondary N) is 2. The highest BCUT2D eigenvalue weighted by molar-refractivity contribution is 5.95. The molecule has 0 aliphatic carbocycles. The van der Waals surface area contributed by atoms with Crippen molar-refractivity contribution in [2.24, 2.45) is 7.05 Å². The monoisotopic (exact) mass is 335 g/mol. The van der Waals surface area contributed by atoms with Crippen molar-refractivity contribution in [3.05, 3.63) is 35.3 Å². The molecule has 1 aliphatic heterocycles. The van der Waals surface area contributed by atoms with Crippen molar-refractivity contribution in [3.63, 3.8) is 0 Å². The first-order chi connectivity index (χ1) is 11.5. The highest BCUT2D eigenvalue weighted by Crippen LogP contribution is 2.17. The number of nitrogens with zero attached hydrogens (tertiary/aromatic N) is 1. The van der Waals surface area contributed by atoms with E-state index in [0.717, 1.165) is 0 Å². The molecule has 8 heteroatoms. The molecule has 2 N–H and O–H groups in total. The fourth-order valence-corrected chi connectivity index (χ4v) is 2.46. The van der Waals surface area contributed by atoms with Crippen LogP contribution in [0.5, 0.6) is 0 Å². The van der Waals surface area contributed by atoms with Gasteiger partial charge in [-0.1, -0.05) is 6.92 Å². The first-order valence-corrected chi connectivity index (χ1v) is 7.74. The zero-order chi connectivity index (χ0) is 17.7. The number of rotatable bonds is 6. The van der Waals surface area contributed by atoms with Gasteiger partial charge in [-0.2, -0.15) is 0 Å². The number of amides is 2. The van der Waals surface area contributed by atoms with Crippen LogP contribution in [0.2, 0.25) is 0 Å². The van der Waals surface area contributed by atoms with Crippen molar-refractivity contribution < 1.29 is 23.9 Å². The number of aryl methyl sites for hydroxylation is 1. The summed E-state index contributed by atoms with van der Waals surface area (Å²) in [4.78, 5) is 36.0. The summed E-state index contributed by atoms with van der Waals surface area (Å²) in [6, 6.07) is 2.42. The van der Waals surface area contributed by atoms with Gasteiger partial charge in [-0.15, -0.1) is 0 Å². The van der Waals surface area contributed by atoms with Crippen molar-refractivity contribution in [1.29, 1.82) is 0 Å². The van der Waals surface area contributed by atoms with Crippen molar-refractivity contribution in [2.45, 2.75) is 26.3 Å². The Balaban J connectivity index is 2.21. The van der Waals surface area contributed by atoms with Gasteiger partial charge in [-0.25, -0.2) is 14.4 Å². The average molecular weight is 335 g/mol. The van der Waals surface area contributed by atoms with Gasteiger partial charge in [0, 0.05) is 13.2 Å². The maximum atomic E-state index is 12.2. The van der Waals surface area contributed by atoms with Crippen LogP contribution in [0.1, 0.15) is 30.8 Å². The topological polar surface area (TPSA) is 98.7 Å². The zero-order valence-electron chi connectivity index (χ0n) is 13.9. The van der Waals surface area contributed by atoms with Gasteiger partial charge in [0.2, 0.25) is 0 Å². The van der Waals surface area contributed by atoms with Crippen molar-refractivity contribution in [3.8, 4) is 0 Å². The van der Waals surface area contributed by atoms with Gasteiger partial charge >= 0.3 is 18.0 Å². The Morgan fingerprint density at radius 1 is 1.25 bits per heavy atom. The summed E-state index contributed by atoms with van der Waals surface area (Å²) in [7, 11) is 1.72. The molecule has 2 heterocycles. The second kappa shape index (κ2) is 7.67. The van der Waals surface area contributed by atoms with Crippen molar-refractivity contribution in [2.75, 3.05) is 13.2 Å². The second-order valence-corrected chi connectivity index (χ2v) is 5.25. The molecule has 0 saturated carbocycles. The van der Waals surface area contributed by atoms with Crippen LogP contribution in [-0.4, -0.2) is 41.8 Å². The highest BCUT2D eigenvalue weighted by Gasteiger charge is 2.32. The van der Waals surface area contributed by atoms with E-state index in [9.17, 15) is 14.4 Å². The van der Waals surface area contributed by atoms with E-state index in [-0.39, 0.29) is 24.5 Å². The fraction of sp³-hybridized carbons (Fsp3) is 0.438. The zero-order valence-corrected chi connectivity index (χ0v) is 13.9. The molecule has 1 aromatic heterocycles. The van der Waals surface area contributed by atoms with E-state index in [1.165, 1.54) is 0 Å². The van der Waals surface area contributed by atoms with Gasteiger partial charge in [0.05, 0.1) is 23.9 Å². The minimum absolute atomic E-state index is 0.211. The fourth-order valence-electron chi connectivity index (χ4n) is 2.46. The van der Waals surface area contributed by atoms with Crippen LogP contribution in [0.25, 0.3) is 0 Å². The predicted octanol–water partition coefficient (Wildman–Crippen LogP) is 1.09. The molecule has 0 fully saturated rings. The molecule has 0 spiro atoms. The largest absolute Gasteiger partial charge is 0.463 e. The Bertz CT molecular complexity index is 677. The number of hydrogen-bond acceptors (Lipinski definition) is 5. The SMILES string of the molecule is CCOC(=O)C1=C(COC(=O)c2cccn2C)NC(=O)N[C@H]1CC. The van der Waals surface area contributed by atoms with Gasteiger partial charge in [-0.3, -0.25) is 0 Å². The average Bonchev–Trinajstić information content (AvgIpc) is 2.98. The van der Waals surface area contributed by atoms with E-state index >= 15 is 0 Å². The molecule has 130 valence electrons. The Morgan fingerprint density at radius 3 is 2.58 bits per heavy atom. The van der Waals surface area contributed by atoms with Gasteiger partial charge in [0.25, 0.3) is 0 Å². The van der Waals surface area contributed by atoms with Crippen LogP contribution in [0, 0.1) is 0 Å². The lowest BCUT2D eigenvalue weighted by Crippen LogP contribution is -2.51. The first kappa shape index (κ1) is 17.6. The summed E-state index contributed by atoms with van der Waals surface area (Å²) >= 11 is 0. The molecule has 0 saturated heterocycles. The van der Waals surface area contributed by atoms with Gasteiger partial charge in [-0.05, 0) is 25.5 Å². The van der Waals surface area contributed by atoms with Gasteiger partial charge in [0.15, 0.2) is 0 Å². The molecule has 2 amide bonds. The standard InChI is InChI=1S/C16H21N3O5/c1-4-10-13(15(21)23-5-2)11(18-16(22)17-10)9-24-14(20)12-7-6-8-19(12)3/h6-8,10H,4-5,9H2,1-3H3,(H2,17,18,22)/t10-/m0/s1. The number of hydrogen-bond donors (Lipinski definition) is 2. The third-order valence-electron chi connectivity index (χ3n) is 3.65. The molecule has 0 unspecified atom stereocenters. The Kier molecular flexibility index (Phi) is 5.62. The quantitative estimate of drug-likeness (QED) is 0.758. The number of aromatic nitrogens is 1. The lowest BCUT2D eigenvalue weighted by atomic mass is 10.0. The molecule has 0 radical (unpaired) electrons. The van der Waals surface area contributed by atoms with Crippen LogP contribution in [0.3, 0.4) is 0 Å². The predicted molar refractivity (Wildman–Crippen MR) is 85.1 cm³/mol. The number of esters is 2. The minimum Gasteiger partial charge on any atom is -0.463 e. The lowest BCUT2D eigenvalue weighted by Gasteiger charge is -2.28. The number of ether oxygens (including phenoxy) is 2. The second-order valence-electron chi connectivity index (χ2n) is 5.25. The highest BCUT2D eigenvalue weighted by atomic mass is 16.5. The lowest BCUT2D eigenvalue weighted by molar-refractivity contribution is -0.139. The van der Waals surface area contributed by atoms with E-state index in [1.54, 1.807) is 36.9 Å². The number of carbonyl (C=O) groups excluding carboxylic acids is 3. The molecule has 2 rings (SSSR count). The van der Waals surface area contributed by atoms with E-state index in [1.807, 2.05) is 6.92 Å². The Labute approximate surface area is 139 Å². The summed E-state index contributed by atoms with van der Waals surface area (Å²) in [5, 5.41) is 5.19. The van der Waals surface area contributed by atoms with Gasteiger partial charge in [0.1, 0.15) is 12.3 Å². The normalized spacial score (nSPS) is 17.1. The third-order valence-corrected chi connectivity index (χ3v) is 3.65. The third kappa shape index (κ3) is 3.76. The Morgan fingerprint density at radius 2 is 2.00 bits per heavy atom. The first-order valence-electron chi connectivity index (χ1n) is 7.74. The van der Waals surface area contributed by atoms with Crippen LogP contribution in [-0.2, 0) is 21.3 Å². The summed E-state index contributed by atoms with van der Waals surface area (Å²) in [6.07, 6.45) is 2.23. The van der Waals surface area contributed by atoms with Crippen molar-refractivity contribution >= 4 is 18.0 Å². The summed E-state index contributed by atoms with van der Waals surface area (Å²) in [5.41, 5.74) is 0.894. The molecule has 0 aromatic carbocycles. The maximum absolute atomic E-state index is 12.2. The molecule has 1 aromatic rings. The van der Waals surface area contributed by atoms with Crippen LogP contribution < -0.4 is 10.6 Å². The van der Waals surface area contributed by atoms with Crippen molar-refractivity contribution in [1.82, 2.24) is 15.2 Å². The maximum Gasteiger partial charge on any atom is 0.355 e. The molecular weight excluding hydrogens is 314 g/mol. The van der Waals surface area contributed by atoms with E-state index < -0.39 is 24.0 Å². The molecule has 24 heavy (non-hydrogen) atoms. The van der Waals surface area contributed by atoms with Crippen LogP contribution in [0.4, 0.5) is 4.79 Å². The van der Waals surface area contributed by atoms with Crippen LogP contribution in [0.15, 0.2) is 29.6 Å². The molecule has 1 atom stereocenters. The number of urea groups is 1. The Hall–Kier alpha value is -2.77. The molecule has 0 bridgehead atoms. The van der Waals surface area contributed by atoms with E-state index in [4.69, 9.17) is 9.47 Å². The smallest absolute Gasteiger partial charge is 0.355 e. The molecule has 8 nitrogen and oxygen atoms in total. The summed E-state index contributed by atoms with van der Waals surface area (Å²) < 4.78 is 11.9. The summed E-state index contributed by atoms with van der Waals surface area (Å²) in [6.45, 7) is 3.53.